The van der Waals surface area contributed by atoms with Crippen LogP contribution >= 0.6 is 0 Å². The van der Waals surface area contributed by atoms with Crippen molar-refractivity contribution in [3.8, 4) is 0 Å². The molecule has 1 fully saturated rings. The Bertz CT molecular complexity index is 147. The Labute approximate surface area is 93.8 Å². The van der Waals surface area contributed by atoms with Gasteiger partial charge in [0.2, 0.25) is 0 Å². The molecule has 1 heterocycles. The van der Waals surface area contributed by atoms with E-state index in [0.29, 0.717) is 12.0 Å². The fraction of sp³-hybridized carbons (Fsp3) is 1.00. The molecule has 0 amide bonds. The van der Waals surface area contributed by atoms with Gasteiger partial charge in [-0.3, -0.25) is 0 Å². The van der Waals surface area contributed by atoms with E-state index in [1.165, 1.54) is 32.1 Å². The molecule has 0 aromatic carbocycles. The van der Waals surface area contributed by atoms with Crippen LogP contribution in [0.1, 0.15) is 39.0 Å². The number of ether oxygens (including phenoxy) is 1. The molecule has 90 valence electrons. The summed E-state index contributed by atoms with van der Waals surface area (Å²) < 4.78 is 5.64. The molecule has 0 saturated carbocycles. The van der Waals surface area contributed by atoms with E-state index in [4.69, 9.17) is 10.5 Å². The highest BCUT2D eigenvalue weighted by Crippen LogP contribution is 2.11. The van der Waals surface area contributed by atoms with Crippen LogP contribution in [0.2, 0.25) is 0 Å². The van der Waals surface area contributed by atoms with Gasteiger partial charge in [-0.1, -0.05) is 6.92 Å². The largest absolute Gasteiger partial charge is 0.377 e. The van der Waals surface area contributed by atoms with E-state index in [2.05, 4.69) is 12.2 Å². The maximum atomic E-state index is 5.64. The van der Waals surface area contributed by atoms with Crippen LogP contribution in [-0.2, 0) is 4.74 Å². The predicted octanol–water partition coefficient (Wildman–Crippen LogP) is 1.52. The van der Waals surface area contributed by atoms with Gasteiger partial charge in [0, 0.05) is 13.2 Å². The van der Waals surface area contributed by atoms with Crippen molar-refractivity contribution in [1.29, 1.82) is 0 Å². The summed E-state index contributed by atoms with van der Waals surface area (Å²) >= 11 is 0. The quantitative estimate of drug-likeness (QED) is 0.632. The Morgan fingerprint density at radius 1 is 1.47 bits per heavy atom. The van der Waals surface area contributed by atoms with E-state index in [1.54, 1.807) is 0 Å². The molecular formula is C12H26N2O. The lowest BCUT2D eigenvalue weighted by molar-refractivity contribution is 0.0170. The van der Waals surface area contributed by atoms with E-state index in [1.807, 2.05) is 0 Å². The second-order valence-corrected chi connectivity index (χ2v) is 4.68. The van der Waals surface area contributed by atoms with E-state index in [0.717, 1.165) is 26.2 Å². The number of hydrogen-bond donors (Lipinski definition) is 2. The molecule has 0 aliphatic carbocycles. The molecule has 1 aliphatic rings. The summed E-state index contributed by atoms with van der Waals surface area (Å²) in [5, 5.41) is 3.47. The van der Waals surface area contributed by atoms with Crippen molar-refractivity contribution in [2.45, 2.75) is 45.1 Å². The molecule has 0 aromatic heterocycles. The Morgan fingerprint density at radius 2 is 2.33 bits per heavy atom. The molecular weight excluding hydrogens is 188 g/mol. The zero-order chi connectivity index (χ0) is 10.9. The third kappa shape index (κ3) is 6.13. The first-order valence-corrected chi connectivity index (χ1v) is 6.35. The summed E-state index contributed by atoms with van der Waals surface area (Å²) in [4.78, 5) is 0. The molecule has 0 radical (unpaired) electrons. The Morgan fingerprint density at radius 3 is 3.00 bits per heavy atom. The molecule has 3 nitrogen and oxygen atoms in total. The van der Waals surface area contributed by atoms with Crippen LogP contribution in [0.3, 0.4) is 0 Å². The second-order valence-electron chi connectivity index (χ2n) is 4.68. The molecule has 0 spiro atoms. The van der Waals surface area contributed by atoms with E-state index >= 15 is 0 Å². The fourth-order valence-electron chi connectivity index (χ4n) is 1.92. The zero-order valence-electron chi connectivity index (χ0n) is 10.0. The molecule has 15 heavy (non-hydrogen) atoms. The third-order valence-electron chi connectivity index (χ3n) is 3.10. The van der Waals surface area contributed by atoms with E-state index < -0.39 is 0 Å². The van der Waals surface area contributed by atoms with Crippen molar-refractivity contribution < 1.29 is 4.74 Å². The monoisotopic (exact) mass is 214 g/mol. The maximum absolute atomic E-state index is 5.64. The molecule has 0 bridgehead atoms. The van der Waals surface area contributed by atoms with Crippen LogP contribution in [0.25, 0.3) is 0 Å². The van der Waals surface area contributed by atoms with Gasteiger partial charge in [0.05, 0.1) is 6.10 Å². The minimum Gasteiger partial charge on any atom is -0.377 e. The van der Waals surface area contributed by atoms with Crippen molar-refractivity contribution in [1.82, 2.24) is 5.32 Å². The van der Waals surface area contributed by atoms with Gasteiger partial charge in [0.15, 0.2) is 0 Å². The minimum atomic E-state index is 0.464. The van der Waals surface area contributed by atoms with E-state index in [9.17, 15) is 0 Å². The lowest BCUT2D eigenvalue weighted by Crippen LogP contribution is -2.32. The Kier molecular flexibility index (Phi) is 6.98. The molecule has 2 atom stereocenters. The normalized spacial score (nSPS) is 24.0. The standard InChI is InChI=1S/C12H26N2O/c1-11(9-13)5-4-7-14-10-12-6-2-3-8-15-12/h11-12,14H,2-10,13H2,1H3. The lowest BCUT2D eigenvalue weighted by Gasteiger charge is -2.22. The first-order chi connectivity index (χ1) is 7.33. The third-order valence-corrected chi connectivity index (χ3v) is 3.10. The predicted molar refractivity (Wildman–Crippen MR) is 63.9 cm³/mol. The molecule has 3 N–H and O–H groups in total. The minimum absolute atomic E-state index is 0.464. The number of hydrogen-bond acceptors (Lipinski definition) is 3. The van der Waals surface area contributed by atoms with E-state index in [-0.39, 0.29) is 0 Å². The lowest BCUT2D eigenvalue weighted by atomic mass is 10.1. The van der Waals surface area contributed by atoms with Crippen LogP contribution < -0.4 is 11.1 Å². The summed E-state index contributed by atoms with van der Waals surface area (Å²) in [6.45, 7) is 6.10. The summed E-state index contributed by atoms with van der Waals surface area (Å²) in [6.07, 6.45) is 6.72. The van der Waals surface area contributed by atoms with Crippen molar-refractivity contribution in [2.24, 2.45) is 11.7 Å². The number of nitrogens with two attached hydrogens (primary N) is 1. The van der Waals surface area contributed by atoms with Gasteiger partial charge in [-0.05, 0) is 51.1 Å². The van der Waals surface area contributed by atoms with Crippen LogP contribution in [0, 0.1) is 5.92 Å². The van der Waals surface area contributed by atoms with Gasteiger partial charge in [-0.25, -0.2) is 0 Å². The van der Waals surface area contributed by atoms with Crippen LogP contribution in [0.15, 0.2) is 0 Å². The first kappa shape index (κ1) is 12.9. The van der Waals surface area contributed by atoms with Crippen LogP contribution in [0.4, 0.5) is 0 Å². The fourth-order valence-corrected chi connectivity index (χ4v) is 1.92. The van der Waals surface area contributed by atoms with Crippen LogP contribution in [0.5, 0.6) is 0 Å². The first-order valence-electron chi connectivity index (χ1n) is 6.35. The van der Waals surface area contributed by atoms with Crippen molar-refractivity contribution >= 4 is 0 Å². The molecule has 3 heteroatoms. The Balaban J connectivity index is 1.87. The second kappa shape index (κ2) is 8.08. The summed E-state index contributed by atoms with van der Waals surface area (Å²) in [6, 6.07) is 0. The summed E-state index contributed by atoms with van der Waals surface area (Å²) in [5.41, 5.74) is 5.56. The average Bonchev–Trinajstić information content (AvgIpc) is 2.29. The van der Waals surface area contributed by atoms with Crippen molar-refractivity contribution in [2.75, 3.05) is 26.2 Å². The average molecular weight is 214 g/mol. The Hall–Kier alpha value is -0.120. The smallest absolute Gasteiger partial charge is 0.0699 e. The van der Waals surface area contributed by atoms with Crippen molar-refractivity contribution in [3.05, 3.63) is 0 Å². The molecule has 0 aromatic rings. The highest BCUT2D eigenvalue weighted by Gasteiger charge is 2.12. The molecule has 1 aliphatic heterocycles. The topological polar surface area (TPSA) is 47.3 Å². The van der Waals surface area contributed by atoms with Gasteiger partial charge < -0.3 is 15.8 Å². The van der Waals surface area contributed by atoms with Crippen LogP contribution in [-0.4, -0.2) is 32.3 Å². The van der Waals surface area contributed by atoms with Crippen molar-refractivity contribution in [3.63, 3.8) is 0 Å². The SMILES string of the molecule is CC(CN)CCCNCC1CCCCO1. The molecule has 1 saturated heterocycles. The zero-order valence-corrected chi connectivity index (χ0v) is 10.0. The highest BCUT2D eigenvalue weighted by molar-refractivity contribution is 4.66. The van der Waals surface area contributed by atoms with Gasteiger partial charge in [-0.2, -0.15) is 0 Å². The van der Waals surface area contributed by atoms with Gasteiger partial charge in [0.1, 0.15) is 0 Å². The van der Waals surface area contributed by atoms with Gasteiger partial charge in [0.25, 0.3) is 0 Å². The highest BCUT2D eigenvalue weighted by atomic mass is 16.5. The molecule has 2 unspecified atom stereocenters. The number of rotatable bonds is 7. The van der Waals surface area contributed by atoms with Gasteiger partial charge in [-0.15, -0.1) is 0 Å². The summed E-state index contributed by atoms with van der Waals surface area (Å²) in [7, 11) is 0. The number of nitrogens with one attached hydrogen (secondary N) is 1. The maximum Gasteiger partial charge on any atom is 0.0699 e. The van der Waals surface area contributed by atoms with Gasteiger partial charge >= 0.3 is 0 Å². The molecule has 1 rings (SSSR count). The summed E-state index contributed by atoms with van der Waals surface area (Å²) in [5.74, 6) is 0.665.